The second-order valence-electron chi connectivity index (χ2n) is 2.26. The van der Waals surface area contributed by atoms with E-state index in [0.717, 1.165) is 13.3 Å². The fourth-order valence-corrected chi connectivity index (χ4v) is 0.792. The second kappa shape index (κ2) is 3.95. The third-order valence-corrected chi connectivity index (χ3v) is 1.40. The van der Waals surface area contributed by atoms with Crippen LogP contribution in [0.3, 0.4) is 0 Å². The van der Waals surface area contributed by atoms with Crippen LogP contribution in [-0.2, 0) is 0 Å². The van der Waals surface area contributed by atoms with E-state index in [1.165, 1.54) is 0 Å². The van der Waals surface area contributed by atoms with Crippen molar-refractivity contribution in [2.75, 3.05) is 7.11 Å². The zero-order valence-electron chi connectivity index (χ0n) is 7.07. The molecule has 0 aromatic carbocycles. The highest BCUT2D eigenvalue weighted by Crippen LogP contribution is 2.25. The van der Waals surface area contributed by atoms with Gasteiger partial charge in [0.05, 0.1) is 12.7 Å². The van der Waals surface area contributed by atoms with Gasteiger partial charge < -0.3 is 9.84 Å². The number of nitrogens with zero attached hydrogens (tertiary/aromatic N) is 2. The number of alkyl halides is 2. The van der Waals surface area contributed by atoms with Crippen molar-refractivity contribution < 1.29 is 23.4 Å². The Hall–Kier alpha value is -1.79. The summed E-state index contributed by atoms with van der Waals surface area (Å²) in [5.74, 6) is -2.40. The summed E-state index contributed by atoms with van der Waals surface area (Å²) < 4.78 is 29.0. The van der Waals surface area contributed by atoms with Gasteiger partial charge in [0.25, 0.3) is 6.43 Å². The Morgan fingerprint density at radius 1 is 1.64 bits per heavy atom. The van der Waals surface area contributed by atoms with Gasteiger partial charge in [0, 0.05) is 6.20 Å². The molecule has 14 heavy (non-hydrogen) atoms. The molecule has 0 radical (unpaired) electrons. The molecule has 0 aliphatic carbocycles. The summed E-state index contributed by atoms with van der Waals surface area (Å²) in [6, 6.07) is 0. The van der Waals surface area contributed by atoms with Crippen molar-refractivity contribution in [2.24, 2.45) is 0 Å². The molecule has 1 aromatic heterocycles. The summed E-state index contributed by atoms with van der Waals surface area (Å²) in [6.45, 7) is 0. The number of aromatic carboxylic acids is 1. The van der Waals surface area contributed by atoms with Gasteiger partial charge in [-0.25, -0.2) is 18.6 Å². The van der Waals surface area contributed by atoms with Gasteiger partial charge in [-0.1, -0.05) is 0 Å². The molecule has 0 aliphatic rings. The Morgan fingerprint density at radius 3 is 2.71 bits per heavy atom. The minimum absolute atomic E-state index is 0.424. The van der Waals surface area contributed by atoms with Crippen LogP contribution >= 0.6 is 0 Å². The minimum atomic E-state index is -2.80. The SMILES string of the molecule is COc1nc(C(=O)O)ncc1C(F)F. The van der Waals surface area contributed by atoms with Crippen molar-refractivity contribution in [3.8, 4) is 5.88 Å². The van der Waals surface area contributed by atoms with E-state index in [4.69, 9.17) is 5.11 Å². The Balaban J connectivity index is 3.18. The van der Waals surface area contributed by atoms with Crippen molar-refractivity contribution in [2.45, 2.75) is 6.43 Å². The summed E-state index contributed by atoms with van der Waals surface area (Å²) >= 11 is 0. The van der Waals surface area contributed by atoms with Crippen molar-refractivity contribution in [3.05, 3.63) is 17.6 Å². The molecule has 0 fully saturated rings. The molecule has 1 rings (SSSR count). The first-order valence-corrected chi connectivity index (χ1v) is 3.48. The zero-order valence-corrected chi connectivity index (χ0v) is 7.07. The first-order valence-electron chi connectivity index (χ1n) is 3.48. The summed E-state index contributed by atoms with van der Waals surface area (Å²) in [7, 11) is 1.12. The molecule has 0 saturated carbocycles. The second-order valence-corrected chi connectivity index (χ2v) is 2.26. The van der Waals surface area contributed by atoms with E-state index in [2.05, 4.69) is 14.7 Å². The van der Waals surface area contributed by atoms with Crippen LogP contribution in [0.5, 0.6) is 5.88 Å². The molecular formula is C7H6F2N2O3. The van der Waals surface area contributed by atoms with Gasteiger partial charge in [0.2, 0.25) is 11.7 Å². The van der Waals surface area contributed by atoms with Crippen molar-refractivity contribution in [3.63, 3.8) is 0 Å². The first kappa shape index (κ1) is 10.3. The smallest absolute Gasteiger partial charge is 0.374 e. The van der Waals surface area contributed by atoms with Gasteiger partial charge in [-0.05, 0) is 0 Å². The maximum absolute atomic E-state index is 12.2. The number of carboxylic acid groups (broad SMARTS) is 1. The van der Waals surface area contributed by atoms with Gasteiger partial charge in [-0.15, -0.1) is 0 Å². The topological polar surface area (TPSA) is 72.3 Å². The summed E-state index contributed by atoms with van der Waals surface area (Å²) in [5, 5.41) is 8.47. The van der Waals surface area contributed by atoms with Gasteiger partial charge in [-0.3, -0.25) is 0 Å². The van der Waals surface area contributed by atoms with E-state index in [1.807, 2.05) is 0 Å². The van der Waals surface area contributed by atoms with Crippen LogP contribution in [0.15, 0.2) is 6.20 Å². The lowest BCUT2D eigenvalue weighted by Gasteiger charge is -2.05. The zero-order chi connectivity index (χ0) is 10.7. The molecule has 7 heteroatoms. The number of aromatic nitrogens is 2. The number of halogens is 2. The average molecular weight is 204 g/mol. The predicted octanol–water partition coefficient (Wildman–Crippen LogP) is 1.12. The Bertz CT molecular complexity index is 357. The number of ether oxygens (including phenoxy) is 1. The van der Waals surface area contributed by atoms with Crippen LogP contribution in [0.4, 0.5) is 8.78 Å². The van der Waals surface area contributed by atoms with E-state index in [0.29, 0.717) is 0 Å². The van der Waals surface area contributed by atoms with Crippen LogP contribution in [0.25, 0.3) is 0 Å². The molecule has 0 saturated heterocycles. The largest absolute Gasteiger partial charge is 0.481 e. The number of hydrogen-bond acceptors (Lipinski definition) is 4. The summed E-state index contributed by atoms with van der Waals surface area (Å²) in [6.07, 6.45) is -2.06. The summed E-state index contributed by atoms with van der Waals surface area (Å²) in [5.41, 5.74) is -0.530. The number of hydrogen-bond donors (Lipinski definition) is 1. The molecule has 1 N–H and O–H groups in total. The summed E-state index contributed by atoms with van der Waals surface area (Å²) in [4.78, 5) is 16.9. The lowest BCUT2D eigenvalue weighted by molar-refractivity contribution is 0.0680. The Labute approximate surface area is 77.4 Å². The monoisotopic (exact) mass is 204 g/mol. The van der Waals surface area contributed by atoms with Gasteiger partial charge >= 0.3 is 5.97 Å². The Morgan fingerprint density at radius 2 is 2.29 bits per heavy atom. The van der Waals surface area contributed by atoms with Crippen molar-refractivity contribution in [1.29, 1.82) is 0 Å². The Kier molecular flexibility index (Phi) is 2.90. The fourth-order valence-electron chi connectivity index (χ4n) is 0.792. The molecule has 1 aromatic rings. The lowest BCUT2D eigenvalue weighted by Crippen LogP contribution is -2.07. The van der Waals surface area contributed by atoms with Crippen LogP contribution in [0, 0.1) is 0 Å². The molecule has 0 aliphatic heterocycles. The number of carboxylic acids is 1. The maximum Gasteiger partial charge on any atom is 0.374 e. The van der Waals surface area contributed by atoms with E-state index in [9.17, 15) is 13.6 Å². The molecule has 0 amide bonds. The quantitative estimate of drug-likeness (QED) is 0.798. The number of methoxy groups -OCH3 is 1. The van der Waals surface area contributed by atoms with Gasteiger partial charge in [0.1, 0.15) is 0 Å². The van der Waals surface area contributed by atoms with Crippen LogP contribution in [0.2, 0.25) is 0 Å². The molecule has 0 spiro atoms. The highest BCUT2D eigenvalue weighted by molar-refractivity contribution is 5.83. The van der Waals surface area contributed by atoms with Crippen molar-refractivity contribution >= 4 is 5.97 Å². The highest BCUT2D eigenvalue weighted by atomic mass is 19.3. The lowest BCUT2D eigenvalue weighted by atomic mass is 10.3. The van der Waals surface area contributed by atoms with Crippen LogP contribution in [0.1, 0.15) is 22.6 Å². The normalized spacial score (nSPS) is 10.3. The molecule has 1 heterocycles. The first-order chi connectivity index (χ1) is 6.56. The molecule has 0 atom stereocenters. The molecule has 0 unspecified atom stereocenters. The predicted molar refractivity (Wildman–Crippen MR) is 40.5 cm³/mol. The molecule has 76 valence electrons. The standard InChI is InChI=1S/C7H6F2N2O3/c1-14-6-3(4(8)9)2-10-5(11-6)7(12)13/h2,4H,1H3,(H,12,13). The van der Waals surface area contributed by atoms with E-state index < -0.39 is 29.7 Å². The minimum Gasteiger partial charge on any atom is -0.481 e. The third-order valence-electron chi connectivity index (χ3n) is 1.40. The fraction of sp³-hybridized carbons (Fsp3) is 0.286. The van der Waals surface area contributed by atoms with Crippen LogP contribution in [-0.4, -0.2) is 28.2 Å². The van der Waals surface area contributed by atoms with Crippen molar-refractivity contribution in [1.82, 2.24) is 9.97 Å². The van der Waals surface area contributed by atoms with Gasteiger partial charge in [-0.2, -0.15) is 4.98 Å². The average Bonchev–Trinajstić information content (AvgIpc) is 2.16. The third kappa shape index (κ3) is 1.93. The van der Waals surface area contributed by atoms with E-state index in [1.54, 1.807) is 0 Å². The highest BCUT2D eigenvalue weighted by Gasteiger charge is 2.18. The van der Waals surface area contributed by atoms with Gasteiger partial charge in [0.15, 0.2) is 0 Å². The molecular weight excluding hydrogens is 198 g/mol. The molecule has 5 nitrogen and oxygen atoms in total. The number of carbonyl (C=O) groups is 1. The maximum atomic E-state index is 12.2. The number of rotatable bonds is 3. The molecule has 0 bridgehead atoms. The van der Waals surface area contributed by atoms with E-state index >= 15 is 0 Å². The van der Waals surface area contributed by atoms with E-state index in [-0.39, 0.29) is 0 Å². The van der Waals surface area contributed by atoms with Crippen LogP contribution < -0.4 is 4.74 Å².